The third-order valence-corrected chi connectivity index (χ3v) is 6.23. The van der Waals surface area contributed by atoms with Crippen molar-refractivity contribution in [3.63, 3.8) is 0 Å². The van der Waals surface area contributed by atoms with E-state index in [0.717, 1.165) is 6.42 Å². The van der Waals surface area contributed by atoms with Gasteiger partial charge in [-0.2, -0.15) is 0 Å². The van der Waals surface area contributed by atoms with Gasteiger partial charge in [-0.25, -0.2) is 4.79 Å². The van der Waals surface area contributed by atoms with Crippen LogP contribution in [0.2, 0.25) is 0 Å². The molecule has 2 nitrogen and oxygen atoms in total. The van der Waals surface area contributed by atoms with Crippen molar-refractivity contribution in [3.05, 3.63) is 94.5 Å². The number of carbonyl (C=O) groups is 1. The highest BCUT2D eigenvalue weighted by atomic mass is 32.2. The van der Waals surface area contributed by atoms with Crippen molar-refractivity contribution in [2.24, 2.45) is 0 Å². The zero-order valence-electron chi connectivity index (χ0n) is 14.9. The fourth-order valence-corrected chi connectivity index (χ4v) is 4.45. The van der Waals surface area contributed by atoms with Crippen molar-refractivity contribution >= 4 is 17.7 Å². The minimum absolute atomic E-state index is 0.272. The molecule has 0 aromatic heterocycles. The Morgan fingerprint density at radius 3 is 2.38 bits per heavy atom. The molecule has 0 radical (unpaired) electrons. The van der Waals surface area contributed by atoms with Crippen molar-refractivity contribution in [1.29, 1.82) is 0 Å². The molecule has 0 aliphatic carbocycles. The van der Waals surface area contributed by atoms with Gasteiger partial charge < -0.3 is 4.74 Å². The Labute approximate surface area is 158 Å². The minimum Gasteiger partial charge on any atom is -0.465 e. The summed E-state index contributed by atoms with van der Waals surface area (Å²) in [5.74, 6) is -0.0251. The summed E-state index contributed by atoms with van der Waals surface area (Å²) in [5, 5.41) is 0. The lowest BCUT2D eigenvalue weighted by Gasteiger charge is -2.21. The summed E-state index contributed by atoms with van der Waals surface area (Å²) >= 11 is 1.86. The van der Waals surface area contributed by atoms with Crippen LogP contribution in [0.4, 0.5) is 0 Å². The molecule has 0 amide bonds. The monoisotopic (exact) mass is 360 g/mol. The summed E-state index contributed by atoms with van der Waals surface area (Å²) in [7, 11) is 1.40. The smallest absolute Gasteiger partial charge is 0.337 e. The number of methoxy groups -OCH3 is 1. The number of carbonyl (C=O) groups excluding carboxylic acids is 1. The number of hydrogen-bond acceptors (Lipinski definition) is 3. The van der Waals surface area contributed by atoms with Gasteiger partial charge in [0.2, 0.25) is 0 Å². The Morgan fingerprint density at radius 1 is 0.923 bits per heavy atom. The molecule has 0 N–H and O–H groups in total. The van der Waals surface area contributed by atoms with Gasteiger partial charge in [0.1, 0.15) is 0 Å². The number of benzene rings is 3. The maximum atomic E-state index is 11.6. The molecule has 1 atom stereocenters. The van der Waals surface area contributed by atoms with Crippen LogP contribution in [-0.2, 0) is 11.2 Å². The Balaban J connectivity index is 1.60. The van der Waals surface area contributed by atoms with Crippen molar-refractivity contribution in [3.8, 4) is 0 Å². The van der Waals surface area contributed by atoms with Crippen molar-refractivity contribution < 1.29 is 9.53 Å². The first kappa shape index (κ1) is 16.9. The Hall–Kier alpha value is -2.52. The molecule has 0 spiro atoms. The second-order valence-electron chi connectivity index (χ2n) is 6.59. The lowest BCUT2D eigenvalue weighted by atomic mass is 9.90. The van der Waals surface area contributed by atoms with Gasteiger partial charge in [-0.1, -0.05) is 61.2 Å². The quantitative estimate of drug-likeness (QED) is 0.440. The first-order valence-corrected chi connectivity index (χ1v) is 9.54. The SMILES string of the molecule is COC(=O)c1ccc(C(C)c2ccc3c(c2)Cc2ccccc2S3)cc1. The third-order valence-electron chi connectivity index (χ3n) is 4.99. The Bertz CT molecular complexity index is 960. The van der Waals surface area contributed by atoms with Crippen LogP contribution in [0.5, 0.6) is 0 Å². The largest absolute Gasteiger partial charge is 0.465 e. The molecule has 1 aliphatic heterocycles. The molecule has 3 aromatic rings. The molecule has 0 saturated heterocycles. The molecule has 1 unspecified atom stereocenters. The van der Waals surface area contributed by atoms with E-state index in [4.69, 9.17) is 4.74 Å². The van der Waals surface area contributed by atoms with Crippen LogP contribution >= 0.6 is 11.8 Å². The zero-order chi connectivity index (χ0) is 18.1. The summed E-state index contributed by atoms with van der Waals surface area (Å²) in [4.78, 5) is 14.3. The summed E-state index contributed by atoms with van der Waals surface area (Å²) in [6.45, 7) is 2.21. The van der Waals surface area contributed by atoms with Gasteiger partial charge in [-0.15, -0.1) is 0 Å². The molecular formula is C23H20O2S. The lowest BCUT2D eigenvalue weighted by molar-refractivity contribution is 0.0600. The van der Waals surface area contributed by atoms with E-state index in [1.807, 2.05) is 36.0 Å². The molecule has 0 bridgehead atoms. The fourth-order valence-electron chi connectivity index (χ4n) is 3.40. The fraction of sp³-hybridized carbons (Fsp3) is 0.174. The maximum Gasteiger partial charge on any atom is 0.337 e. The van der Waals surface area contributed by atoms with Crippen LogP contribution < -0.4 is 0 Å². The van der Waals surface area contributed by atoms with Gasteiger partial charge in [0.15, 0.2) is 0 Å². The normalized spacial score (nSPS) is 13.5. The van der Waals surface area contributed by atoms with E-state index in [1.54, 1.807) is 0 Å². The highest BCUT2D eigenvalue weighted by Crippen LogP contribution is 2.40. The molecule has 0 saturated carbocycles. The van der Waals surface area contributed by atoms with Gasteiger partial charge in [-0.05, 0) is 52.9 Å². The number of ether oxygens (including phenoxy) is 1. The predicted octanol–water partition coefficient (Wildman–Crippen LogP) is 5.68. The second kappa shape index (κ2) is 7.00. The average Bonchev–Trinajstić information content (AvgIpc) is 2.70. The predicted molar refractivity (Wildman–Crippen MR) is 105 cm³/mol. The van der Waals surface area contributed by atoms with Crippen LogP contribution in [0.15, 0.2) is 76.5 Å². The van der Waals surface area contributed by atoms with Crippen molar-refractivity contribution in [2.45, 2.75) is 29.1 Å². The van der Waals surface area contributed by atoms with Gasteiger partial charge in [0.25, 0.3) is 0 Å². The van der Waals surface area contributed by atoms with Crippen LogP contribution in [0.25, 0.3) is 0 Å². The van der Waals surface area contributed by atoms with E-state index in [0.29, 0.717) is 5.56 Å². The van der Waals surface area contributed by atoms with E-state index < -0.39 is 0 Å². The maximum absolute atomic E-state index is 11.6. The lowest BCUT2D eigenvalue weighted by Crippen LogP contribution is -2.04. The molecule has 1 aliphatic rings. The summed E-state index contributed by atoms with van der Waals surface area (Å²) in [6, 6.07) is 23.1. The van der Waals surface area contributed by atoms with Gasteiger partial charge in [0.05, 0.1) is 12.7 Å². The van der Waals surface area contributed by atoms with Crippen LogP contribution in [0, 0.1) is 0 Å². The molecule has 3 aromatic carbocycles. The second-order valence-corrected chi connectivity index (χ2v) is 7.67. The zero-order valence-corrected chi connectivity index (χ0v) is 15.7. The molecular weight excluding hydrogens is 340 g/mol. The van der Waals surface area contributed by atoms with Gasteiger partial charge in [0, 0.05) is 15.7 Å². The van der Waals surface area contributed by atoms with E-state index in [1.165, 1.54) is 39.2 Å². The van der Waals surface area contributed by atoms with Crippen LogP contribution in [0.3, 0.4) is 0 Å². The Morgan fingerprint density at radius 2 is 1.62 bits per heavy atom. The summed E-state index contributed by atoms with van der Waals surface area (Å²) in [5.41, 5.74) is 5.87. The summed E-state index contributed by atoms with van der Waals surface area (Å²) in [6.07, 6.45) is 0.986. The first-order chi connectivity index (χ1) is 12.7. The molecule has 0 fully saturated rings. The van der Waals surface area contributed by atoms with E-state index in [9.17, 15) is 4.79 Å². The molecule has 130 valence electrons. The highest BCUT2D eigenvalue weighted by Gasteiger charge is 2.18. The van der Waals surface area contributed by atoms with E-state index in [2.05, 4.69) is 49.4 Å². The highest BCUT2D eigenvalue weighted by molar-refractivity contribution is 7.99. The molecule has 1 heterocycles. The molecule has 4 rings (SSSR count). The minimum atomic E-state index is -0.298. The topological polar surface area (TPSA) is 26.3 Å². The molecule has 3 heteroatoms. The number of hydrogen-bond donors (Lipinski definition) is 0. The number of esters is 1. The average molecular weight is 360 g/mol. The number of fused-ring (bicyclic) bond motifs is 2. The van der Waals surface area contributed by atoms with Crippen molar-refractivity contribution in [1.82, 2.24) is 0 Å². The van der Waals surface area contributed by atoms with Crippen LogP contribution in [0.1, 0.15) is 45.5 Å². The van der Waals surface area contributed by atoms with E-state index in [-0.39, 0.29) is 11.9 Å². The van der Waals surface area contributed by atoms with Gasteiger partial charge >= 0.3 is 5.97 Å². The van der Waals surface area contributed by atoms with Crippen molar-refractivity contribution in [2.75, 3.05) is 7.11 Å². The summed E-state index contributed by atoms with van der Waals surface area (Å²) < 4.78 is 4.77. The third kappa shape index (κ3) is 3.15. The van der Waals surface area contributed by atoms with Gasteiger partial charge in [-0.3, -0.25) is 0 Å². The van der Waals surface area contributed by atoms with E-state index >= 15 is 0 Å². The molecule has 26 heavy (non-hydrogen) atoms. The number of rotatable bonds is 3. The standard InChI is InChI=1S/C23H20O2S/c1-15(16-7-9-17(10-8-16)23(24)25-2)18-11-12-22-20(13-18)14-19-5-3-4-6-21(19)26-22/h3-13,15H,14H2,1-2H3. The Kier molecular flexibility index (Phi) is 4.56. The van der Waals surface area contributed by atoms with Crippen LogP contribution in [-0.4, -0.2) is 13.1 Å². The first-order valence-electron chi connectivity index (χ1n) is 8.72.